The van der Waals surface area contributed by atoms with E-state index in [2.05, 4.69) is 0 Å². The van der Waals surface area contributed by atoms with E-state index in [1.54, 1.807) is 12.1 Å². The molecule has 1 aliphatic carbocycles. The van der Waals surface area contributed by atoms with Crippen LogP contribution < -0.4 is 0 Å². The van der Waals surface area contributed by atoms with Crippen LogP contribution in [0.5, 0.6) is 0 Å². The van der Waals surface area contributed by atoms with Crippen molar-refractivity contribution in [2.75, 3.05) is 6.61 Å². The van der Waals surface area contributed by atoms with Crippen LogP contribution >= 0.6 is 0 Å². The molecule has 1 saturated carbocycles. The van der Waals surface area contributed by atoms with E-state index in [-0.39, 0.29) is 18.8 Å². The van der Waals surface area contributed by atoms with Crippen molar-refractivity contribution in [3.05, 3.63) is 45.8 Å². The fraction of sp³-hybridized carbons (Fsp3) is 0.417. The second-order valence-corrected chi connectivity index (χ2v) is 4.24. The highest BCUT2D eigenvalue weighted by Gasteiger charge is 2.54. The SMILES string of the molecule is O=C(OCCc1ccc(F)cc1)[C@H]1C[C@H]1[N+](=O)[O-]. The number of esters is 1. The molecule has 0 saturated heterocycles. The van der Waals surface area contributed by atoms with Gasteiger partial charge in [-0.3, -0.25) is 14.9 Å². The third-order valence-electron chi connectivity index (χ3n) is 2.88. The molecule has 1 aliphatic rings. The average Bonchev–Trinajstić information content (AvgIpc) is 3.11. The summed E-state index contributed by atoms with van der Waals surface area (Å²) in [5.74, 6) is -1.42. The molecule has 0 bridgehead atoms. The quantitative estimate of drug-likeness (QED) is 0.454. The van der Waals surface area contributed by atoms with Gasteiger partial charge >= 0.3 is 5.97 Å². The fourth-order valence-corrected chi connectivity index (χ4v) is 1.70. The smallest absolute Gasteiger partial charge is 0.316 e. The Kier molecular flexibility index (Phi) is 3.55. The summed E-state index contributed by atoms with van der Waals surface area (Å²) in [6.45, 7) is 0.158. The Morgan fingerprint density at radius 3 is 2.67 bits per heavy atom. The first-order valence-electron chi connectivity index (χ1n) is 5.62. The summed E-state index contributed by atoms with van der Waals surface area (Å²) in [5.41, 5.74) is 0.853. The van der Waals surface area contributed by atoms with Gasteiger partial charge in [-0.15, -0.1) is 0 Å². The fourth-order valence-electron chi connectivity index (χ4n) is 1.70. The lowest BCUT2D eigenvalue weighted by molar-refractivity contribution is -0.497. The largest absolute Gasteiger partial charge is 0.465 e. The number of halogens is 1. The number of nitrogens with zero attached hydrogens (tertiary/aromatic N) is 1. The Balaban J connectivity index is 1.71. The molecule has 0 spiro atoms. The first-order valence-corrected chi connectivity index (χ1v) is 5.62. The number of benzene rings is 1. The van der Waals surface area contributed by atoms with E-state index >= 15 is 0 Å². The van der Waals surface area contributed by atoms with E-state index in [9.17, 15) is 19.3 Å². The topological polar surface area (TPSA) is 69.4 Å². The number of ether oxygens (including phenoxy) is 1. The highest BCUT2D eigenvalue weighted by Crippen LogP contribution is 2.34. The van der Waals surface area contributed by atoms with E-state index in [1.165, 1.54) is 12.1 Å². The Hall–Kier alpha value is -1.98. The third kappa shape index (κ3) is 3.03. The van der Waals surface area contributed by atoms with Crippen molar-refractivity contribution in [2.24, 2.45) is 5.92 Å². The number of hydrogen-bond acceptors (Lipinski definition) is 4. The first kappa shape index (κ1) is 12.5. The van der Waals surface area contributed by atoms with Gasteiger partial charge in [0, 0.05) is 17.8 Å². The zero-order valence-corrected chi connectivity index (χ0v) is 9.54. The van der Waals surface area contributed by atoms with Crippen LogP contribution in [0.4, 0.5) is 4.39 Å². The zero-order valence-electron chi connectivity index (χ0n) is 9.54. The second kappa shape index (κ2) is 5.12. The standard InChI is InChI=1S/C12H12FNO4/c13-9-3-1-8(2-4-9)5-6-18-12(15)10-7-11(10)14(16)17/h1-4,10-11H,5-7H2/t10-,11+/m0/s1. The maximum atomic E-state index is 12.6. The summed E-state index contributed by atoms with van der Waals surface area (Å²) in [7, 11) is 0. The van der Waals surface area contributed by atoms with E-state index in [4.69, 9.17) is 4.74 Å². The molecule has 6 heteroatoms. The van der Waals surface area contributed by atoms with Crippen LogP contribution in [0.2, 0.25) is 0 Å². The van der Waals surface area contributed by atoms with Gasteiger partial charge < -0.3 is 4.74 Å². The number of rotatable bonds is 5. The highest BCUT2D eigenvalue weighted by atomic mass is 19.1. The molecule has 0 aromatic heterocycles. The molecule has 0 N–H and O–H groups in total. The monoisotopic (exact) mass is 253 g/mol. The van der Waals surface area contributed by atoms with Crippen LogP contribution in [0.25, 0.3) is 0 Å². The molecule has 18 heavy (non-hydrogen) atoms. The van der Waals surface area contributed by atoms with Gasteiger partial charge in [0.1, 0.15) is 11.7 Å². The van der Waals surface area contributed by atoms with E-state index in [0.717, 1.165) is 5.56 Å². The van der Waals surface area contributed by atoms with E-state index in [1.807, 2.05) is 0 Å². The van der Waals surface area contributed by atoms with E-state index < -0.39 is 22.9 Å². The summed E-state index contributed by atoms with van der Waals surface area (Å²) >= 11 is 0. The summed E-state index contributed by atoms with van der Waals surface area (Å²) < 4.78 is 17.6. The maximum absolute atomic E-state index is 12.6. The van der Waals surface area contributed by atoms with E-state index in [0.29, 0.717) is 6.42 Å². The number of carbonyl (C=O) groups excluding carboxylic acids is 1. The predicted molar refractivity (Wildman–Crippen MR) is 60.0 cm³/mol. The zero-order chi connectivity index (χ0) is 13.1. The Morgan fingerprint density at radius 1 is 1.44 bits per heavy atom. The van der Waals surface area contributed by atoms with Crippen molar-refractivity contribution in [2.45, 2.75) is 18.9 Å². The van der Waals surface area contributed by atoms with Crippen molar-refractivity contribution >= 4 is 5.97 Å². The van der Waals surface area contributed by atoms with Crippen molar-refractivity contribution in [3.8, 4) is 0 Å². The highest BCUT2D eigenvalue weighted by molar-refractivity contribution is 5.76. The lowest BCUT2D eigenvalue weighted by Crippen LogP contribution is -2.15. The normalized spacial score (nSPS) is 21.4. The Labute approximate surface area is 103 Å². The predicted octanol–water partition coefficient (Wildman–Crippen LogP) is 1.58. The van der Waals surface area contributed by atoms with Crippen molar-refractivity contribution in [3.63, 3.8) is 0 Å². The molecule has 0 radical (unpaired) electrons. The van der Waals surface area contributed by atoms with Gasteiger partial charge in [-0.2, -0.15) is 0 Å². The lowest BCUT2D eigenvalue weighted by atomic mass is 10.2. The molecule has 1 aromatic carbocycles. The molecule has 96 valence electrons. The summed E-state index contributed by atoms with van der Waals surface area (Å²) in [6.07, 6.45) is 0.740. The second-order valence-electron chi connectivity index (χ2n) is 4.24. The molecule has 0 amide bonds. The summed E-state index contributed by atoms with van der Waals surface area (Å²) in [4.78, 5) is 21.3. The number of nitro groups is 1. The molecule has 5 nitrogen and oxygen atoms in total. The van der Waals surface area contributed by atoms with Crippen molar-refractivity contribution < 1.29 is 18.8 Å². The van der Waals surface area contributed by atoms with Gasteiger partial charge in [0.15, 0.2) is 0 Å². The van der Waals surface area contributed by atoms with Gasteiger partial charge in [-0.1, -0.05) is 12.1 Å². The Bertz CT molecular complexity index is 460. The number of carbonyl (C=O) groups is 1. The minimum atomic E-state index is -0.775. The van der Waals surface area contributed by atoms with Gasteiger partial charge in [-0.25, -0.2) is 4.39 Å². The van der Waals surface area contributed by atoms with Crippen LogP contribution in [0.3, 0.4) is 0 Å². The Morgan fingerprint density at radius 2 is 2.11 bits per heavy atom. The minimum absolute atomic E-state index is 0.158. The molecule has 0 heterocycles. The average molecular weight is 253 g/mol. The molecular weight excluding hydrogens is 241 g/mol. The molecule has 2 atom stereocenters. The summed E-state index contributed by atoms with van der Waals surface area (Å²) in [6, 6.07) is 5.12. The van der Waals surface area contributed by atoms with Gasteiger partial charge in [0.05, 0.1) is 6.61 Å². The van der Waals surface area contributed by atoms with Crippen LogP contribution in [0, 0.1) is 21.8 Å². The third-order valence-corrected chi connectivity index (χ3v) is 2.88. The molecule has 0 unspecified atom stereocenters. The van der Waals surface area contributed by atoms with Gasteiger partial charge in [0.25, 0.3) is 0 Å². The minimum Gasteiger partial charge on any atom is -0.465 e. The van der Waals surface area contributed by atoms with Crippen LogP contribution in [-0.2, 0) is 16.0 Å². The van der Waals surface area contributed by atoms with Crippen molar-refractivity contribution in [1.29, 1.82) is 0 Å². The van der Waals surface area contributed by atoms with Crippen molar-refractivity contribution in [1.82, 2.24) is 0 Å². The molecule has 1 aromatic rings. The van der Waals surface area contributed by atoms with Crippen LogP contribution in [-0.4, -0.2) is 23.5 Å². The molecule has 0 aliphatic heterocycles. The summed E-state index contributed by atoms with van der Waals surface area (Å²) in [5, 5.41) is 10.4. The molecular formula is C12H12FNO4. The maximum Gasteiger partial charge on any atom is 0.316 e. The molecule has 2 rings (SSSR count). The molecule has 1 fully saturated rings. The lowest BCUT2D eigenvalue weighted by Gasteiger charge is -2.03. The first-order chi connectivity index (χ1) is 8.58. The van der Waals surface area contributed by atoms with Crippen LogP contribution in [0.15, 0.2) is 24.3 Å². The van der Waals surface area contributed by atoms with Crippen LogP contribution in [0.1, 0.15) is 12.0 Å². The van der Waals surface area contributed by atoms with Gasteiger partial charge in [-0.05, 0) is 17.7 Å². The van der Waals surface area contributed by atoms with Gasteiger partial charge in [0.2, 0.25) is 6.04 Å². The number of hydrogen-bond donors (Lipinski definition) is 0.